The topological polar surface area (TPSA) is 122 Å². The van der Waals surface area contributed by atoms with Gasteiger partial charge in [-0.15, -0.1) is 13.2 Å². The molecule has 264 valence electrons. The summed E-state index contributed by atoms with van der Waals surface area (Å²) in [6.45, 7) is 7.15. The molecular formula is C36H37F3N4O7. The van der Waals surface area contributed by atoms with Gasteiger partial charge in [0.1, 0.15) is 35.3 Å². The molecule has 0 bridgehead atoms. The molecule has 0 spiro atoms. The van der Waals surface area contributed by atoms with E-state index in [9.17, 15) is 22.8 Å². The fraction of sp³-hybridized carbons (Fsp3) is 0.361. The van der Waals surface area contributed by atoms with Gasteiger partial charge < -0.3 is 23.7 Å². The zero-order chi connectivity index (χ0) is 36.1. The third kappa shape index (κ3) is 9.61. The smallest absolute Gasteiger partial charge is 0.495 e. The predicted molar refractivity (Wildman–Crippen MR) is 176 cm³/mol. The van der Waals surface area contributed by atoms with Crippen molar-refractivity contribution in [3.63, 3.8) is 0 Å². The van der Waals surface area contributed by atoms with Crippen molar-refractivity contribution in [1.82, 2.24) is 15.0 Å². The highest BCUT2D eigenvalue weighted by atomic mass is 19.4. The third-order valence-electron chi connectivity index (χ3n) is 7.43. The first-order valence-corrected chi connectivity index (χ1v) is 15.8. The van der Waals surface area contributed by atoms with E-state index in [4.69, 9.17) is 23.9 Å². The van der Waals surface area contributed by atoms with E-state index in [-0.39, 0.29) is 43.4 Å². The van der Waals surface area contributed by atoms with Crippen LogP contribution >= 0.6 is 0 Å². The van der Waals surface area contributed by atoms with Gasteiger partial charge in [0.05, 0.1) is 49.5 Å². The molecule has 1 unspecified atom stereocenters. The highest BCUT2D eigenvalue weighted by Crippen LogP contribution is 2.50. The number of benzene rings is 1. The standard InChI is InChI=1S/C36H37F3N4O7/c1-6-47-33(44)28-17-27(28)32-30(48-21-24-11-12-26(46-5)19-40-24)14-13-29(42-32)23-10-15-31(41-18-23)43(34(45)50-35(2,3)4)20-22-8-7-9-25(16-22)49-36(37,38)39/h7-16,18-19,27-28H,6,17,20-21H2,1-5H3/t27?,28-/m1/s1. The summed E-state index contributed by atoms with van der Waals surface area (Å²) in [5, 5.41) is 0. The van der Waals surface area contributed by atoms with Crippen LogP contribution in [0.2, 0.25) is 0 Å². The number of anilines is 1. The number of carbonyl (C=O) groups excluding carboxylic acids is 2. The number of methoxy groups -OCH3 is 1. The van der Waals surface area contributed by atoms with E-state index in [1.807, 2.05) is 0 Å². The van der Waals surface area contributed by atoms with Gasteiger partial charge in [-0.25, -0.2) is 14.8 Å². The molecule has 1 amide bonds. The van der Waals surface area contributed by atoms with Crippen LogP contribution in [-0.2, 0) is 27.4 Å². The van der Waals surface area contributed by atoms with Crippen LogP contribution in [-0.4, -0.2) is 52.7 Å². The molecule has 1 saturated carbocycles. The largest absolute Gasteiger partial charge is 0.573 e. The van der Waals surface area contributed by atoms with E-state index in [0.29, 0.717) is 46.1 Å². The third-order valence-corrected chi connectivity index (χ3v) is 7.43. The average Bonchev–Trinajstić information content (AvgIpc) is 3.87. The normalized spacial score (nSPS) is 15.5. The molecule has 3 heterocycles. The number of aromatic nitrogens is 3. The number of ether oxygens (including phenoxy) is 5. The Kier molecular flexibility index (Phi) is 10.8. The van der Waals surface area contributed by atoms with E-state index >= 15 is 0 Å². The van der Waals surface area contributed by atoms with Crippen molar-refractivity contribution in [3.8, 4) is 28.5 Å². The zero-order valence-corrected chi connectivity index (χ0v) is 28.2. The van der Waals surface area contributed by atoms with E-state index in [0.717, 1.165) is 0 Å². The molecule has 0 radical (unpaired) electrons. The molecule has 50 heavy (non-hydrogen) atoms. The summed E-state index contributed by atoms with van der Waals surface area (Å²) in [5.74, 6) is 0.0488. The van der Waals surface area contributed by atoms with E-state index in [1.165, 1.54) is 29.3 Å². The Morgan fingerprint density at radius 3 is 2.40 bits per heavy atom. The van der Waals surface area contributed by atoms with Gasteiger partial charge in [0.15, 0.2) is 0 Å². The van der Waals surface area contributed by atoms with Gasteiger partial charge >= 0.3 is 18.4 Å². The lowest BCUT2D eigenvalue weighted by molar-refractivity contribution is -0.274. The summed E-state index contributed by atoms with van der Waals surface area (Å²) in [5.41, 5.74) is 1.92. The maximum atomic E-state index is 13.3. The molecule has 3 aromatic heterocycles. The number of alkyl halides is 3. The highest BCUT2D eigenvalue weighted by molar-refractivity contribution is 5.87. The van der Waals surface area contributed by atoms with Crippen LogP contribution in [0.5, 0.6) is 17.2 Å². The van der Waals surface area contributed by atoms with Crippen molar-refractivity contribution < 1.29 is 46.4 Å². The van der Waals surface area contributed by atoms with Crippen molar-refractivity contribution in [2.24, 2.45) is 5.92 Å². The molecule has 1 aromatic carbocycles. The van der Waals surface area contributed by atoms with Crippen molar-refractivity contribution in [1.29, 1.82) is 0 Å². The Hall–Kier alpha value is -5.40. The molecule has 2 atom stereocenters. The molecule has 11 nitrogen and oxygen atoms in total. The van der Waals surface area contributed by atoms with E-state index in [1.54, 1.807) is 83.5 Å². The summed E-state index contributed by atoms with van der Waals surface area (Å²) >= 11 is 0. The van der Waals surface area contributed by atoms with Crippen LogP contribution in [0.15, 0.2) is 73.1 Å². The number of pyridine rings is 3. The molecule has 5 rings (SSSR count). The lowest BCUT2D eigenvalue weighted by Crippen LogP contribution is -2.37. The molecule has 0 N–H and O–H groups in total. The zero-order valence-electron chi connectivity index (χ0n) is 28.2. The number of carbonyl (C=O) groups is 2. The van der Waals surface area contributed by atoms with Crippen molar-refractivity contribution in [3.05, 3.63) is 90.0 Å². The Bertz CT molecular complexity index is 1800. The van der Waals surface area contributed by atoms with Crippen molar-refractivity contribution in [2.45, 2.75) is 65.1 Å². The van der Waals surface area contributed by atoms with E-state index in [2.05, 4.69) is 14.7 Å². The fourth-order valence-corrected chi connectivity index (χ4v) is 5.06. The molecule has 1 fully saturated rings. The maximum Gasteiger partial charge on any atom is 0.573 e. The molecule has 0 saturated heterocycles. The first-order chi connectivity index (χ1) is 23.7. The SMILES string of the molecule is CCOC(=O)[C@@H]1CC1c1nc(-c2ccc(N(Cc3cccc(OC(F)(F)F)c3)C(=O)OC(C)(C)C)nc2)ccc1OCc1ccc(OC)cn1. The lowest BCUT2D eigenvalue weighted by Gasteiger charge is -2.27. The number of nitrogens with zero attached hydrogens (tertiary/aromatic N) is 4. The Morgan fingerprint density at radius 2 is 1.76 bits per heavy atom. The minimum absolute atomic E-state index is 0.148. The Labute approximate surface area is 287 Å². The number of rotatable bonds is 12. The summed E-state index contributed by atoms with van der Waals surface area (Å²) < 4.78 is 64.7. The second-order valence-electron chi connectivity index (χ2n) is 12.4. The van der Waals surface area contributed by atoms with Gasteiger partial charge in [0, 0.05) is 17.7 Å². The minimum Gasteiger partial charge on any atom is -0.495 e. The van der Waals surface area contributed by atoms with Gasteiger partial charge in [-0.1, -0.05) is 12.1 Å². The van der Waals surface area contributed by atoms with Crippen LogP contribution < -0.4 is 19.1 Å². The second-order valence-corrected chi connectivity index (χ2v) is 12.4. The lowest BCUT2D eigenvalue weighted by atomic mass is 10.1. The number of hydrogen-bond donors (Lipinski definition) is 0. The van der Waals surface area contributed by atoms with Crippen LogP contribution in [0, 0.1) is 5.92 Å². The van der Waals surface area contributed by atoms with Crippen LogP contribution in [0.4, 0.5) is 23.8 Å². The quantitative estimate of drug-likeness (QED) is 0.137. The molecule has 0 aliphatic heterocycles. The Balaban J connectivity index is 1.41. The van der Waals surface area contributed by atoms with Gasteiger partial charge in [-0.05, 0) is 88.2 Å². The number of amides is 1. The molecule has 1 aliphatic rings. The predicted octanol–water partition coefficient (Wildman–Crippen LogP) is 7.63. The number of halogens is 3. The van der Waals surface area contributed by atoms with Gasteiger partial charge in [0.25, 0.3) is 0 Å². The average molecular weight is 695 g/mol. The maximum absolute atomic E-state index is 13.3. The van der Waals surface area contributed by atoms with Crippen LogP contribution in [0.1, 0.15) is 57.0 Å². The van der Waals surface area contributed by atoms with Crippen LogP contribution in [0.3, 0.4) is 0 Å². The second kappa shape index (κ2) is 15.0. The minimum atomic E-state index is -4.87. The number of hydrogen-bond acceptors (Lipinski definition) is 10. The monoisotopic (exact) mass is 694 g/mol. The van der Waals surface area contributed by atoms with Crippen molar-refractivity contribution >= 4 is 17.9 Å². The number of esters is 1. The molecule has 14 heteroatoms. The van der Waals surface area contributed by atoms with Gasteiger partial charge in [-0.3, -0.25) is 14.7 Å². The summed E-state index contributed by atoms with van der Waals surface area (Å²) in [4.78, 5) is 40.8. The fourth-order valence-electron chi connectivity index (χ4n) is 5.06. The molecule has 1 aliphatic carbocycles. The first kappa shape index (κ1) is 35.9. The summed E-state index contributed by atoms with van der Waals surface area (Å²) in [7, 11) is 1.56. The summed E-state index contributed by atoms with van der Waals surface area (Å²) in [6, 6.07) is 15.8. The molecular weight excluding hydrogens is 657 g/mol. The van der Waals surface area contributed by atoms with Gasteiger partial charge in [-0.2, -0.15) is 0 Å². The first-order valence-electron chi connectivity index (χ1n) is 15.8. The Morgan fingerprint density at radius 1 is 0.960 bits per heavy atom. The summed E-state index contributed by atoms with van der Waals surface area (Å²) in [6.07, 6.45) is -1.93. The highest BCUT2D eigenvalue weighted by Gasteiger charge is 2.47. The van der Waals surface area contributed by atoms with Crippen molar-refractivity contribution in [2.75, 3.05) is 18.6 Å². The van der Waals surface area contributed by atoms with Crippen LogP contribution in [0.25, 0.3) is 11.3 Å². The van der Waals surface area contributed by atoms with E-state index < -0.39 is 23.8 Å². The van der Waals surface area contributed by atoms with Gasteiger partial charge in [0.2, 0.25) is 0 Å². The molecule has 4 aromatic rings.